The minimum absolute atomic E-state index is 0.116. The van der Waals surface area contributed by atoms with E-state index in [9.17, 15) is 5.11 Å². The zero-order valence-electron chi connectivity index (χ0n) is 18.2. The first-order chi connectivity index (χ1) is 12.9. The highest BCUT2D eigenvalue weighted by atomic mass is 32.2. The maximum Gasteiger partial charge on any atom is 0.136 e. The normalized spacial score (nSPS) is 12.1. The van der Waals surface area contributed by atoms with E-state index in [1.54, 1.807) is 11.8 Å². The number of thiocarbonyl (C=S) groups is 1. The standard InChI is InChI=1S/C24H33NOS2/c1-23(2,3)19-13-18(14-20(21(19)26)24(4,5)6)16-28-22(27)25(7)15-17-11-9-8-10-12-17/h8-14,26H,15-16H2,1-7H3. The van der Waals surface area contributed by atoms with Crippen molar-refractivity contribution in [1.82, 2.24) is 4.90 Å². The summed E-state index contributed by atoms with van der Waals surface area (Å²) in [5.41, 5.74) is 4.22. The second-order valence-corrected chi connectivity index (χ2v) is 11.0. The van der Waals surface area contributed by atoms with Gasteiger partial charge in [-0.15, -0.1) is 0 Å². The summed E-state index contributed by atoms with van der Waals surface area (Å²) in [5, 5.41) is 10.9. The molecule has 152 valence electrons. The van der Waals surface area contributed by atoms with Gasteiger partial charge < -0.3 is 10.0 Å². The van der Waals surface area contributed by atoms with Gasteiger partial charge in [0.1, 0.15) is 10.1 Å². The zero-order valence-corrected chi connectivity index (χ0v) is 19.8. The molecular weight excluding hydrogens is 382 g/mol. The molecule has 0 unspecified atom stereocenters. The van der Waals surface area contributed by atoms with Crippen LogP contribution in [-0.4, -0.2) is 21.4 Å². The molecule has 0 aliphatic carbocycles. The maximum absolute atomic E-state index is 10.9. The quantitative estimate of drug-likeness (QED) is 0.566. The van der Waals surface area contributed by atoms with Crippen molar-refractivity contribution in [2.24, 2.45) is 0 Å². The van der Waals surface area contributed by atoms with Gasteiger partial charge in [0.05, 0.1) is 0 Å². The number of phenols is 1. The Hall–Kier alpha value is -1.52. The molecule has 0 aliphatic heterocycles. The predicted octanol–water partition coefficient (Wildman–Crippen LogP) is 6.64. The molecule has 0 bridgehead atoms. The highest BCUT2D eigenvalue weighted by Crippen LogP contribution is 2.40. The third-order valence-corrected chi connectivity index (χ3v) is 6.42. The van der Waals surface area contributed by atoms with Gasteiger partial charge in [-0.05, 0) is 33.1 Å². The van der Waals surface area contributed by atoms with E-state index < -0.39 is 0 Å². The lowest BCUT2D eigenvalue weighted by molar-refractivity contribution is 0.423. The number of hydrogen-bond acceptors (Lipinski definition) is 3. The topological polar surface area (TPSA) is 23.5 Å². The third kappa shape index (κ3) is 5.99. The number of aromatic hydroxyl groups is 1. The van der Waals surface area contributed by atoms with Gasteiger partial charge in [-0.25, -0.2) is 0 Å². The fraction of sp³-hybridized carbons (Fsp3) is 0.458. The Morgan fingerprint density at radius 3 is 1.89 bits per heavy atom. The smallest absolute Gasteiger partial charge is 0.136 e. The van der Waals surface area contributed by atoms with Crippen molar-refractivity contribution in [3.8, 4) is 5.75 Å². The molecule has 1 N–H and O–H groups in total. The van der Waals surface area contributed by atoms with Gasteiger partial charge in [0.25, 0.3) is 0 Å². The number of hydrogen-bond donors (Lipinski definition) is 1. The van der Waals surface area contributed by atoms with Crippen LogP contribution in [0.25, 0.3) is 0 Å². The van der Waals surface area contributed by atoms with Crippen molar-refractivity contribution in [3.05, 3.63) is 64.7 Å². The van der Waals surface area contributed by atoms with Crippen molar-refractivity contribution in [2.45, 2.75) is 64.7 Å². The summed E-state index contributed by atoms with van der Waals surface area (Å²) in [6, 6.07) is 14.6. The van der Waals surface area contributed by atoms with Crippen molar-refractivity contribution in [1.29, 1.82) is 0 Å². The minimum Gasteiger partial charge on any atom is -0.507 e. The third-order valence-electron chi connectivity index (χ3n) is 4.72. The maximum atomic E-state index is 10.9. The van der Waals surface area contributed by atoms with E-state index in [1.165, 1.54) is 11.1 Å². The lowest BCUT2D eigenvalue weighted by atomic mass is 9.78. The van der Waals surface area contributed by atoms with Crippen LogP contribution < -0.4 is 0 Å². The largest absolute Gasteiger partial charge is 0.507 e. The highest BCUT2D eigenvalue weighted by molar-refractivity contribution is 8.22. The lowest BCUT2D eigenvalue weighted by Crippen LogP contribution is -2.22. The van der Waals surface area contributed by atoms with Crippen LogP contribution in [0.2, 0.25) is 0 Å². The summed E-state index contributed by atoms with van der Waals surface area (Å²) in [6.45, 7) is 13.7. The Balaban J connectivity index is 2.18. The van der Waals surface area contributed by atoms with Crippen LogP contribution in [0.5, 0.6) is 5.75 Å². The van der Waals surface area contributed by atoms with Crippen molar-refractivity contribution >= 4 is 28.3 Å². The molecule has 4 heteroatoms. The number of benzene rings is 2. The fourth-order valence-corrected chi connectivity index (χ4v) is 4.08. The summed E-state index contributed by atoms with van der Waals surface area (Å²) in [7, 11) is 2.04. The van der Waals surface area contributed by atoms with E-state index >= 15 is 0 Å². The van der Waals surface area contributed by atoms with Gasteiger partial charge in [-0.1, -0.05) is 108 Å². The molecule has 0 atom stereocenters. The molecule has 0 radical (unpaired) electrons. The average Bonchev–Trinajstić information content (AvgIpc) is 2.59. The van der Waals surface area contributed by atoms with E-state index in [-0.39, 0.29) is 10.8 Å². The van der Waals surface area contributed by atoms with E-state index in [0.717, 1.165) is 27.7 Å². The molecule has 0 aliphatic rings. The monoisotopic (exact) mass is 415 g/mol. The summed E-state index contributed by atoms with van der Waals surface area (Å²) >= 11 is 7.33. The van der Waals surface area contributed by atoms with Gasteiger partial charge in [0.15, 0.2) is 0 Å². The zero-order chi connectivity index (χ0) is 21.1. The molecular formula is C24H33NOS2. The summed E-state index contributed by atoms with van der Waals surface area (Å²) < 4.78 is 0.881. The first-order valence-corrected chi connectivity index (χ1v) is 11.1. The molecule has 2 aromatic carbocycles. The second-order valence-electron chi connectivity index (χ2n) is 9.44. The van der Waals surface area contributed by atoms with Crippen molar-refractivity contribution < 1.29 is 5.11 Å². The fourth-order valence-electron chi connectivity index (χ4n) is 3.10. The Morgan fingerprint density at radius 2 is 1.43 bits per heavy atom. The van der Waals surface area contributed by atoms with Crippen LogP contribution >= 0.6 is 24.0 Å². The molecule has 2 nitrogen and oxygen atoms in total. The first kappa shape index (κ1) is 22.8. The van der Waals surface area contributed by atoms with E-state index in [0.29, 0.717) is 5.75 Å². The number of phenolic OH excluding ortho intramolecular Hbond substituents is 1. The first-order valence-electron chi connectivity index (χ1n) is 9.68. The molecule has 0 aromatic heterocycles. The van der Waals surface area contributed by atoms with Gasteiger partial charge in [0.2, 0.25) is 0 Å². The Morgan fingerprint density at radius 1 is 0.929 bits per heavy atom. The van der Waals surface area contributed by atoms with Crippen LogP contribution in [-0.2, 0) is 23.1 Å². The van der Waals surface area contributed by atoms with Gasteiger partial charge in [0, 0.05) is 19.3 Å². The minimum atomic E-state index is -0.116. The molecule has 2 aromatic rings. The van der Waals surface area contributed by atoms with Gasteiger partial charge in [-0.3, -0.25) is 0 Å². The lowest BCUT2D eigenvalue weighted by Gasteiger charge is -2.28. The molecule has 0 heterocycles. The van der Waals surface area contributed by atoms with Gasteiger partial charge in [-0.2, -0.15) is 0 Å². The molecule has 0 fully saturated rings. The van der Waals surface area contributed by atoms with Crippen LogP contribution in [0.1, 0.15) is 63.8 Å². The average molecular weight is 416 g/mol. The SMILES string of the molecule is CN(Cc1ccccc1)C(=S)SCc1cc(C(C)(C)C)c(O)c(C(C)(C)C)c1. The molecule has 28 heavy (non-hydrogen) atoms. The second kappa shape index (κ2) is 8.87. The molecule has 0 saturated carbocycles. The molecule has 0 saturated heterocycles. The van der Waals surface area contributed by atoms with E-state index in [4.69, 9.17) is 12.2 Å². The number of rotatable bonds is 4. The van der Waals surface area contributed by atoms with Crippen molar-refractivity contribution in [2.75, 3.05) is 7.05 Å². The highest BCUT2D eigenvalue weighted by Gasteiger charge is 2.26. The molecule has 0 spiro atoms. The van der Waals surface area contributed by atoms with Crippen LogP contribution in [0.4, 0.5) is 0 Å². The Labute approximate surface area is 180 Å². The van der Waals surface area contributed by atoms with Crippen LogP contribution in [0, 0.1) is 0 Å². The Kier molecular flexibility index (Phi) is 7.22. The van der Waals surface area contributed by atoms with E-state index in [1.807, 2.05) is 13.1 Å². The predicted molar refractivity (Wildman–Crippen MR) is 127 cm³/mol. The summed E-state index contributed by atoms with van der Waals surface area (Å²) in [6.07, 6.45) is 0. The van der Waals surface area contributed by atoms with Gasteiger partial charge >= 0.3 is 0 Å². The Bertz CT molecular complexity index is 782. The number of nitrogens with zero attached hydrogens (tertiary/aromatic N) is 1. The number of thioether (sulfide) groups is 1. The summed E-state index contributed by atoms with van der Waals surface area (Å²) in [4.78, 5) is 2.12. The van der Waals surface area contributed by atoms with Crippen LogP contribution in [0.15, 0.2) is 42.5 Å². The molecule has 0 amide bonds. The molecule has 2 rings (SSSR count). The van der Waals surface area contributed by atoms with E-state index in [2.05, 4.69) is 82.8 Å². The van der Waals surface area contributed by atoms with Crippen molar-refractivity contribution in [3.63, 3.8) is 0 Å². The van der Waals surface area contributed by atoms with Crippen LogP contribution in [0.3, 0.4) is 0 Å². The summed E-state index contributed by atoms with van der Waals surface area (Å²) in [5.74, 6) is 1.22.